The second-order valence-electron chi connectivity index (χ2n) is 0.749. The van der Waals surface area contributed by atoms with Crippen molar-refractivity contribution in [1.29, 1.82) is 0 Å². The summed E-state index contributed by atoms with van der Waals surface area (Å²) in [5.74, 6) is 0. The number of alkyl halides is 4. The molecule has 1 atom stereocenters. The summed E-state index contributed by atoms with van der Waals surface area (Å²) in [4.78, 5) is 0. The average Bonchev–Trinajstić information content (AvgIpc) is 1.35. The molecule has 6 heavy (non-hydrogen) atoms. The van der Waals surface area contributed by atoms with E-state index in [-0.39, 0.29) is 0 Å². The molecular formula is C2H2BrClF2. The Morgan fingerprint density at radius 2 is 2.00 bits per heavy atom. The molecule has 0 nitrogen and oxygen atoms in total. The van der Waals surface area contributed by atoms with Gasteiger partial charge in [-0.25, -0.2) is 8.78 Å². The van der Waals surface area contributed by atoms with Gasteiger partial charge in [-0.05, 0) is 15.9 Å². The van der Waals surface area contributed by atoms with Crippen molar-refractivity contribution in [2.24, 2.45) is 0 Å². The second-order valence-corrected chi connectivity index (χ2v) is 3.06. The monoisotopic (exact) mass is 178 g/mol. The third-order valence-electron chi connectivity index (χ3n) is 0.152. The Bertz CT molecular complexity index is 41.3. The predicted molar refractivity (Wildman–Crippen MR) is 24.6 cm³/mol. The van der Waals surface area contributed by atoms with E-state index in [1.165, 1.54) is 0 Å². The van der Waals surface area contributed by atoms with Gasteiger partial charge in [0.15, 0.2) is 0 Å². The van der Waals surface area contributed by atoms with Gasteiger partial charge in [-0.2, -0.15) is 0 Å². The van der Waals surface area contributed by atoms with Gasteiger partial charge in [-0.3, -0.25) is 0 Å². The molecule has 0 bridgehead atoms. The van der Waals surface area contributed by atoms with E-state index >= 15 is 0 Å². The Morgan fingerprint density at radius 3 is 2.00 bits per heavy atom. The van der Waals surface area contributed by atoms with Gasteiger partial charge >= 0.3 is 0 Å². The smallest absolute Gasteiger partial charge is 0.245 e. The lowest BCUT2D eigenvalue weighted by Gasteiger charge is -1.98. The third kappa shape index (κ3) is 4.63. The van der Waals surface area contributed by atoms with Gasteiger partial charge in [0, 0.05) is 0 Å². The van der Waals surface area contributed by atoms with Crippen LogP contribution in [-0.4, -0.2) is 10.7 Å². The molecule has 0 amide bonds. The zero-order chi connectivity index (χ0) is 5.21. The van der Waals surface area contributed by atoms with E-state index in [9.17, 15) is 8.78 Å². The topological polar surface area (TPSA) is 0 Å². The summed E-state index contributed by atoms with van der Waals surface area (Å²) in [6, 6.07) is 0. The van der Waals surface area contributed by atoms with Gasteiger partial charge in [0.1, 0.15) is 6.67 Å². The fraction of sp³-hybridized carbons (Fsp3) is 1.00. The summed E-state index contributed by atoms with van der Waals surface area (Å²) in [6.45, 7) is -1.21. The van der Waals surface area contributed by atoms with Gasteiger partial charge in [0.25, 0.3) is 4.04 Å². The Balaban J connectivity index is 3.17. The molecule has 0 radical (unpaired) electrons. The Labute approximate surface area is 47.6 Å². The summed E-state index contributed by atoms with van der Waals surface area (Å²) in [7, 11) is 0. The highest BCUT2D eigenvalue weighted by molar-refractivity contribution is 9.10. The van der Waals surface area contributed by atoms with Crippen molar-refractivity contribution in [1.82, 2.24) is 0 Å². The SMILES string of the molecule is FC[C@](F)(Cl)Br. The largest absolute Gasteiger partial charge is 0.265 e. The minimum absolute atomic E-state index is 1.21. The summed E-state index contributed by atoms with van der Waals surface area (Å²) in [5.41, 5.74) is 0. The summed E-state index contributed by atoms with van der Waals surface area (Å²) >= 11 is 6.79. The van der Waals surface area contributed by atoms with Gasteiger partial charge in [-0.15, -0.1) is 0 Å². The molecule has 0 N–H and O–H groups in total. The van der Waals surface area contributed by atoms with Crippen LogP contribution in [0.5, 0.6) is 0 Å². The molecule has 38 valence electrons. The van der Waals surface area contributed by atoms with Crippen LogP contribution < -0.4 is 0 Å². The molecule has 0 fully saturated rings. The van der Waals surface area contributed by atoms with Crippen LogP contribution in [0.3, 0.4) is 0 Å². The molecule has 0 aromatic heterocycles. The molecule has 0 aliphatic rings. The highest BCUT2D eigenvalue weighted by Crippen LogP contribution is 2.24. The first-order chi connectivity index (χ1) is 2.56. The van der Waals surface area contributed by atoms with Gasteiger partial charge < -0.3 is 0 Å². The predicted octanol–water partition coefficient (Wildman–Crippen LogP) is 2.21. The molecule has 0 spiro atoms. The Hall–Kier alpha value is 0.630. The summed E-state index contributed by atoms with van der Waals surface area (Å²) < 4.78 is 20.0. The lowest BCUT2D eigenvalue weighted by atomic mass is 10.9. The Morgan fingerprint density at radius 1 is 1.83 bits per heavy atom. The first-order valence-corrected chi connectivity index (χ1v) is 2.36. The molecule has 0 rings (SSSR count). The zero-order valence-electron chi connectivity index (χ0n) is 2.72. The molecule has 0 aliphatic heterocycles. The van der Waals surface area contributed by atoms with Crippen LogP contribution in [0.2, 0.25) is 0 Å². The van der Waals surface area contributed by atoms with E-state index in [1.807, 2.05) is 0 Å². The van der Waals surface area contributed by atoms with E-state index in [2.05, 4.69) is 27.5 Å². The van der Waals surface area contributed by atoms with Crippen LogP contribution in [0.4, 0.5) is 8.78 Å². The molecule has 0 aromatic rings. The van der Waals surface area contributed by atoms with Crippen LogP contribution in [0, 0.1) is 0 Å². The van der Waals surface area contributed by atoms with Crippen molar-refractivity contribution < 1.29 is 8.78 Å². The second kappa shape index (κ2) is 2.07. The molecule has 0 aliphatic carbocycles. The lowest BCUT2D eigenvalue weighted by molar-refractivity contribution is 0.317. The maximum atomic E-state index is 11.4. The van der Waals surface area contributed by atoms with Crippen LogP contribution >= 0.6 is 27.5 Å². The quantitative estimate of drug-likeness (QED) is 0.542. The Kier molecular flexibility index (Phi) is 2.29. The zero-order valence-corrected chi connectivity index (χ0v) is 5.06. The maximum absolute atomic E-state index is 11.4. The van der Waals surface area contributed by atoms with Crippen LogP contribution in [0.25, 0.3) is 0 Å². The van der Waals surface area contributed by atoms with Crippen LogP contribution in [-0.2, 0) is 0 Å². The molecule has 0 aromatic carbocycles. The maximum Gasteiger partial charge on any atom is 0.265 e. The minimum atomic E-state index is -2.34. The summed E-state index contributed by atoms with van der Waals surface area (Å²) in [6.07, 6.45) is 0. The van der Waals surface area contributed by atoms with E-state index in [0.29, 0.717) is 0 Å². The molecule has 4 heteroatoms. The number of rotatable bonds is 1. The van der Waals surface area contributed by atoms with E-state index in [0.717, 1.165) is 0 Å². The highest BCUT2D eigenvalue weighted by Gasteiger charge is 2.19. The minimum Gasteiger partial charge on any atom is -0.245 e. The molecule has 0 saturated carbocycles. The first kappa shape index (κ1) is 6.63. The van der Waals surface area contributed by atoms with Gasteiger partial charge in [-0.1, -0.05) is 11.6 Å². The fourth-order valence-corrected chi connectivity index (χ4v) is 0. The van der Waals surface area contributed by atoms with Gasteiger partial charge in [0.2, 0.25) is 0 Å². The molecular weight excluding hydrogens is 177 g/mol. The van der Waals surface area contributed by atoms with Crippen molar-refractivity contribution in [2.75, 3.05) is 6.67 Å². The van der Waals surface area contributed by atoms with Gasteiger partial charge in [0.05, 0.1) is 0 Å². The number of halogens is 4. The summed E-state index contributed by atoms with van der Waals surface area (Å²) in [5, 5.41) is 0. The third-order valence-corrected chi connectivity index (χ3v) is 0.464. The lowest BCUT2D eigenvalue weighted by Crippen LogP contribution is -2.03. The first-order valence-electron chi connectivity index (χ1n) is 1.19. The average molecular weight is 179 g/mol. The van der Waals surface area contributed by atoms with Crippen molar-refractivity contribution in [3.8, 4) is 0 Å². The van der Waals surface area contributed by atoms with Crippen LogP contribution in [0.15, 0.2) is 0 Å². The molecule has 0 unspecified atom stereocenters. The van der Waals surface area contributed by atoms with Crippen LogP contribution in [0.1, 0.15) is 0 Å². The molecule has 0 saturated heterocycles. The fourth-order valence-electron chi connectivity index (χ4n) is 0. The number of hydrogen-bond acceptors (Lipinski definition) is 0. The van der Waals surface area contributed by atoms with E-state index in [1.54, 1.807) is 0 Å². The van der Waals surface area contributed by atoms with Crippen molar-refractivity contribution >= 4 is 27.5 Å². The van der Waals surface area contributed by atoms with E-state index in [4.69, 9.17) is 0 Å². The standard InChI is InChI=1S/C2H2BrClF2/c3-2(4,6)1-5/h1H2/t2-/m1/s1. The van der Waals surface area contributed by atoms with Crippen molar-refractivity contribution in [2.45, 2.75) is 4.04 Å². The van der Waals surface area contributed by atoms with Crippen molar-refractivity contribution in [3.05, 3.63) is 0 Å². The number of hydrogen-bond donors (Lipinski definition) is 0. The molecule has 0 heterocycles. The van der Waals surface area contributed by atoms with Crippen molar-refractivity contribution in [3.63, 3.8) is 0 Å². The normalized spacial score (nSPS) is 20.0. The van der Waals surface area contributed by atoms with E-state index < -0.39 is 10.7 Å². The highest BCUT2D eigenvalue weighted by atomic mass is 79.9.